The summed E-state index contributed by atoms with van der Waals surface area (Å²) in [5, 5.41) is 3.22. The number of carbonyl (C=O) groups is 2. The Kier molecular flexibility index (Phi) is 6.25. The third kappa shape index (κ3) is 4.82. The lowest BCUT2D eigenvalue weighted by Gasteiger charge is -2.20. The predicted octanol–water partition coefficient (Wildman–Crippen LogP) is 5.37. The fourth-order valence-corrected chi connectivity index (χ4v) is 3.57. The Morgan fingerprint density at radius 2 is 1.42 bits per heavy atom. The Morgan fingerprint density at radius 1 is 0.839 bits per heavy atom. The molecule has 0 bridgehead atoms. The molecule has 0 spiro atoms. The van der Waals surface area contributed by atoms with Gasteiger partial charge < -0.3 is 10.1 Å². The van der Waals surface area contributed by atoms with Gasteiger partial charge in [-0.3, -0.25) is 14.5 Å². The van der Waals surface area contributed by atoms with E-state index in [4.69, 9.17) is 4.74 Å². The zero-order valence-electron chi connectivity index (χ0n) is 19.4. The molecule has 0 atom stereocenters. The first-order valence-corrected chi connectivity index (χ1v) is 10.8. The molecule has 0 saturated heterocycles. The molecule has 1 heterocycles. The molecule has 2 aromatic carbocycles. The summed E-state index contributed by atoms with van der Waals surface area (Å²) in [5.74, 6) is 0.132. The standard InChI is InChI=1S/C26H32N2O3/c1-16(2)28-24(29)22(18-8-14-21(15-9-18)31-17(3)4)23(25(28)30)27-20-12-10-19(11-13-20)26(5,6)7/h8-17,27H,1-7H3. The van der Waals surface area contributed by atoms with E-state index in [2.05, 4.69) is 26.1 Å². The van der Waals surface area contributed by atoms with E-state index in [9.17, 15) is 9.59 Å². The Morgan fingerprint density at radius 3 is 1.90 bits per heavy atom. The number of nitrogens with zero attached hydrogens (tertiary/aromatic N) is 1. The number of amides is 2. The number of anilines is 1. The van der Waals surface area contributed by atoms with Crippen molar-refractivity contribution in [2.24, 2.45) is 0 Å². The van der Waals surface area contributed by atoms with Crippen LogP contribution in [0.2, 0.25) is 0 Å². The van der Waals surface area contributed by atoms with E-state index in [1.807, 2.05) is 76.2 Å². The second-order valence-corrected chi connectivity index (χ2v) is 9.47. The number of benzene rings is 2. The maximum absolute atomic E-state index is 13.2. The molecular formula is C26H32N2O3. The van der Waals surface area contributed by atoms with Crippen molar-refractivity contribution in [1.29, 1.82) is 0 Å². The van der Waals surface area contributed by atoms with Crippen LogP contribution in [0.3, 0.4) is 0 Å². The van der Waals surface area contributed by atoms with Gasteiger partial charge in [0, 0.05) is 11.7 Å². The van der Waals surface area contributed by atoms with Crippen LogP contribution in [0.1, 0.15) is 59.6 Å². The maximum Gasteiger partial charge on any atom is 0.278 e. The first kappa shape index (κ1) is 22.6. The second kappa shape index (κ2) is 8.58. The zero-order chi connectivity index (χ0) is 22.9. The van der Waals surface area contributed by atoms with Gasteiger partial charge in [-0.2, -0.15) is 0 Å². The molecule has 1 aliphatic rings. The number of imide groups is 1. The van der Waals surface area contributed by atoms with Gasteiger partial charge in [-0.05, 0) is 68.5 Å². The fraction of sp³-hybridized carbons (Fsp3) is 0.385. The number of carbonyl (C=O) groups excluding carboxylic acids is 2. The average molecular weight is 421 g/mol. The number of nitrogens with one attached hydrogen (secondary N) is 1. The molecule has 0 saturated carbocycles. The summed E-state index contributed by atoms with van der Waals surface area (Å²) in [7, 11) is 0. The molecule has 0 radical (unpaired) electrons. The van der Waals surface area contributed by atoms with Gasteiger partial charge in [-0.1, -0.05) is 45.0 Å². The molecule has 3 rings (SSSR count). The van der Waals surface area contributed by atoms with Crippen LogP contribution >= 0.6 is 0 Å². The van der Waals surface area contributed by atoms with E-state index >= 15 is 0 Å². The summed E-state index contributed by atoms with van der Waals surface area (Å²) in [5.41, 5.74) is 3.38. The first-order valence-electron chi connectivity index (χ1n) is 10.8. The lowest BCUT2D eigenvalue weighted by atomic mass is 9.87. The van der Waals surface area contributed by atoms with Crippen LogP contribution in [0.4, 0.5) is 5.69 Å². The Hall–Kier alpha value is -3.08. The predicted molar refractivity (Wildman–Crippen MR) is 125 cm³/mol. The summed E-state index contributed by atoms with van der Waals surface area (Å²) in [6.45, 7) is 14.1. The topological polar surface area (TPSA) is 58.6 Å². The molecule has 31 heavy (non-hydrogen) atoms. The third-order valence-electron chi connectivity index (χ3n) is 5.17. The van der Waals surface area contributed by atoms with E-state index in [0.717, 1.165) is 11.4 Å². The minimum atomic E-state index is -0.308. The van der Waals surface area contributed by atoms with Crippen molar-refractivity contribution in [3.8, 4) is 5.75 Å². The summed E-state index contributed by atoms with van der Waals surface area (Å²) < 4.78 is 5.71. The van der Waals surface area contributed by atoms with Crippen LogP contribution in [0.5, 0.6) is 5.75 Å². The van der Waals surface area contributed by atoms with Crippen molar-refractivity contribution in [3.05, 3.63) is 65.4 Å². The van der Waals surface area contributed by atoms with Gasteiger partial charge in [0.25, 0.3) is 11.8 Å². The summed E-state index contributed by atoms with van der Waals surface area (Å²) in [6.07, 6.45) is 0.0597. The number of ether oxygens (including phenoxy) is 1. The minimum Gasteiger partial charge on any atom is -0.491 e. The van der Waals surface area contributed by atoms with Crippen LogP contribution < -0.4 is 10.1 Å². The summed E-state index contributed by atoms with van der Waals surface area (Å²) in [6, 6.07) is 15.0. The van der Waals surface area contributed by atoms with Crippen molar-refractivity contribution in [3.63, 3.8) is 0 Å². The number of rotatable bonds is 6. The quantitative estimate of drug-likeness (QED) is 0.638. The van der Waals surface area contributed by atoms with Gasteiger partial charge in [-0.15, -0.1) is 0 Å². The third-order valence-corrected chi connectivity index (χ3v) is 5.17. The SMILES string of the molecule is CC(C)Oc1ccc(C2=C(Nc3ccc(C(C)(C)C)cc3)C(=O)N(C(C)C)C2=O)cc1. The molecule has 164 valence electrons. The van der Waals surface area contributed by atoms with E-state index in [0.29, 0.717) is 16.8 Å². The van der Waals surface area contributed by atoms with E-state index < -0.39 is 0 Å². The van der Waals surface area contributed by atoms with Crippen LogP contribution in [-0.2, 0) is 15.0 Å². The molecule has 0 aromatic heterocycles. The Balaban J connectivity index is 2.00. The molecule has 5 nitrogen and oxygen atoms in total. The molecule has 0 fully saturated rings. The highest BCUT2D eigenvalue weighted by Crippen LogP contribution is 2.33. The van der Waals surface area contributed by atoms with Crippen LogP contribution in [0, 0.1) is 0 Å². The minimum absolute atomic E-state index is 0.0380. The highest BCUT2D eigenvalue weighted by atomic mass is 16.5. The molecule has 0 aliphatic carbocycles. The highest BCUT2D eigenvalue weighted by molar-refractivity contribution is 6.36. The number of hydrogen-bond donors (Lipinski definition) is 1. The molecule has 1 aliphatic heterocycles. The molecule has 2 amide bonds. The van der Waals surface area contributed by atoms with Crippen molar-refractivity contribution >= 4 is 23.1 Å². The van der Waals surface area contributed by atoms with Gasteiger partial charge in [0.05, 0.1) is 11.7 Å². The fourth-order valence-electron chi connectivity index (χ4n) is 3.57. The van der Waals surface area contributed by atoms with E-state index in [1.165, 1.54) is 10.5 Å². The van der Waals surface area contributed by atoms with Gasteiger partial charge in [0.15, 0.2) is 0 Å². The Bertz CT molecular complexity index is 994. The van der Waals surface area contributed by atoms with Crippen molar-refractivity contribution in [2.45, 2.75) is 66.0 Å². The van der Waals surface area contributed by atoms with E-state index in [1.54, 1.807) is 0 Å². The van der Waals surface area contributed by atoms with Gasteiger partial charge in [0.1, 0.15) is 11.4 Å². The lowest BCUT2D eigenvalue weighted by Crippen LogP contribution is -2.38. The molecule has 1 N–H and O–H groups in total. The van der Waals surface area contributed by atoms with Crippen molar-refractivity contribution in [1.82, 2.24) is 4.90 Å². The van der Waals surface area contributed by atoms with Gasteiger partial charge in [0.2, 0.25) is 0 Å². The maximum atomic E-state index is 13.2. The molecule has 5 heteroatoms. The van der Waals surface area contributed by atoms with Crippen molar-refractivity contribution in [2.75, 3.05) is 5.32 Å². The normalized spacial score (nSPS) is 14.8. The molecular weight excluding hydrogens is 388 g/mol. The zero-order valence-corrected chi connectivity index (χ0v) is 19.4. The van der Waals surface area contributed by atoms with Gasteiger partial charge in [-0.25, -0.2) is 0 Å². The van der Waals surface area contributed by atoms with Gasteiger partial charge >= 0.3 is 0 Å². The lowest BCUT2D eigenvalue weighted by molar-refractivity contribution is -0.138. The van der Waals surface area contributed by atoms with E-state index in [-0.39, 0.29) is 29.4 Å². The molecule has 0 unspecified atom stereocenters. The summed E-state index contributed by atoms with van der Waals surface area (Å²) in [4.78, 5) is 27.6. The van der Waals surface area contributed by atoms with Crippen LogP contribution in [0.15, 0.2) is 54.2 Å². The molecule has 2 aromatic rings. The van der Waals surface area contributed by atoms with Crippen LogP contribution in [0.25, 0.3) is 5.57 Å². The average Bonchev–Trinajstić information content (AvgIpc) is 2.92. The second-order valence-electron chi connectivity index (χ2n) is 9.47. The first-order chi connectivity index (χ1) is 14.5. The van der Waals surface area contributed by atoms with Crippen molar-refractivity contribution < 1.29 is 14.3 Å². The number of hydrogen-bond acceptors (Lipinski definition) is 4. The largest absolute Gasteiger partial charge is 0.491 e. The highest BCUT2D eigenvalue weighted by Gasteiger charge is 2.40. The van der Waals surface area contributed by atoms with Crippen LogP contribution in [-0.4, -0.2) is 28.9 Å². The Labute approximate surface area is 185 Å². The summed E-state index contributed by atoms with van der Waals surface area (Å²) >= 11 is 0. The smallest absolute Gasteiger partial charge is 0.278 e. The monoisotopic (exact) mass is 420 g/mol.